The lowest BCUT2D eigenvalue weighted by atomic mass is 9.99. The highest BCUT2D eigenvalue weighted by atomic mass is 32.2. The number of hydrogen-bond donors (Lipinski definition) is 1. The van der Waals surface area contributed by atoms with E-state index in [0.717, 1.165) is 30.6 Å². The third kappa shape index (κ3) is 7.66. The standard InChI is InChI=1S/C24H32N2O3S2/c1-20-11-13-23(14-12-20)30-17-15-25-24(27)22-10-5-16-26(19-22)31(28,29)18-6-9-21-7-3-2-4-8-21/h2-4,7-8,11-14,22H,5-6,9-10,15-19H2,1H3,(H,25,27). The van der Waals surface area contributed by atoms with Gasteiger partial charge in [-0.15, -0.1) is 11.8 Å². The number of amides is 1. The number of benzene rings is 2. The zero-order chi connectivity index (χ0) is 22.1. The number of sulfonamides is 1. The first kappa shape index (κ1) is 23.8. The molecule has 168 valence electrons. The molecule has 1 fully saturated rings. The van der Waals surface area contributed by atoms with Crippen molar-refractivity contribution in [3.63, 3.8) is 0 Å². The minimum atomic E-state index is -3.34. The molecule has 1 aliphatic heterocycles. The van der Waals surface area contributed by atoms with Gasteiger partial charge in [-0.3, -0.25) is 4.79 Å². The molecule has 31 heavy (non-hydrogen) atoms. The Balaban J connectivity index is 1.40. The van der Waals surface area contributed by atoms with Crippen LogP contribution in [0.25, 0.3) is 0 Å². The van der Waals surface area contributed by atoms with Crippen LogP contribution in [0.1, 0.15) is 30.4 Å². The van der Waals surface area contributed by atoms with Crippen LogP contribution in [0, 0.1) is 12.8 Å². The summed E-state index contributed by atoms with van der Waals surface area (Å²) in [7, 11) is -3.34. The maximum Gasteiger partial charge on any atom is 0.224 e. The molecule has 0 aliphatic carbocycles. The molecule has 5 nitrogen and oxygen atoms in total. The monoisotopic (exact) mass is 460 g/mol. The third-order valence-corrected chi connectivity index (χ3v) is 8.49. The van der Waals surface area contributed by atoms with Crippen molar-refractivity contribution in [1.29, 1.82) is 0 Å². The van der Waals surface area contributed by atoms with E-state index in [1.54, 1.807) is 11.8 Å². The molecular formula is C24H32N2O3S2. The molecule has 1 aliphatic rings. The Morgan fingerprint density at radius 1 is 1.13 bits per heavy atom. The number of aryl methyl sites for hydroxylation is 2. The highest BCUT2D eigenvalue weighted by molar-refractivity contribution is 7.99. The largest absolute Gasteiger partial charge is 0.355 e. The second-order valence-electron chi connectivity index (χ2n) is 8.05. The van der Waals surface area contributed by atoms with Gasteiger partial charge in [0.2, 0.25) is 15.9 Å². The lowest BCUT2D eigenvalue weighted by molar-refractivity contribution is -0.125. The fraction of sp³-hybridized carbons (Fsp3) is 0.458. The van der Waals surface area contributed by atoms with Gasteiger partial charge in [0, 0.05) is 30.3 Å². The molecule has 0 spiro atoms. The number of carbonyl (C=O) groups excluding carboxylic acids is 1. The molecule has 0 aromatic heterocycles. The van der Waals surface area contributed by atoms with Gasteiger partial charge < -0.3 is 5.32 Å². The van der Waals surface area contributed by atoms with Crippen LogP contribution < -0.4 is 5.32 Å². The number of rotatable bonds is 10. The Morgan fingerprint density at radius 2 is 1.87 bits per heavy atom. The zero-order valence-corrected chi connectivity index (χ0v) is 19.8. The summed E-state index contributed by atoms with van der Waals surface area (Å²) in [4.78, 5) is 13.8. The molecule has 1 heterocycles. The fourth-order valence-electron chi connectivity index (χ4n) is 3.76. The number of nitrogens with zero attached hydrogens (tertiary/aromatic N) is 1. The smallest absolute Gasteiger partial charge is 0.224 e. The molecule has 0 saturated carbocycles. The number of thioether (sulfide) groups is 1. The van der Waals surface area contributed by atoms with Gasteiger partial charge in [0.1, 0.15) is 0 Å². The lowest BCUT2D eigenvalue weighted by Gasteiger charge is -2.31. The van der Waals surface area contributed by atoms with Crippen molar-refractivity contribution in [2.75, 3.05) is 31.1 Å². The Bertz CT molecular complexity index is 931. The summed E-state index contributed by atoms with van der Waals surface area (Å²) in [5, 5.41) is 2.99. The molecule has 1 unspecified atom stereocenters. The number of hydrogen-bond acceptors (Lipinski definition) is 4. The van der Waals surface area contributed by atoms with Crippen molar-refractivity contribution < 1.29 is 13.2 Å². The van der Waals surface area contributed by atoms with Crippen LogP contribution in [0.15, 0.2) is 59.5 Å². The molecule has 1 saturated heterocycles. The highest BCUT2D eigenvalue weighted by Gasteiger charge is 2.31. The summed E-state index contributed by atoms with van der Waals surface area (Å²) in [6.07, 6.45) is 2.81. The second kappa shape index (κ2) is 11.7. The van der Waals surface area contributed by atoms with E-state index in [0.29, 0.717) is 26.1 Å². The number of carbonyl (C=O) groups is 1. The van der Waals surface area contributed by atoms with Gasteiger partial charge >= 0.3 is 0 Å². The van der Waals surface area contributed by atoms with Crippen LogP contribution in [0.3, 0.4) is 0 Å². The van der Waals surface area contributed by atoms with E-state index in [1.165, 1.54) is 14.8 Å². The molecule has 1 atom stereocenters. The lowest BCUT2D eigenvalue weighted by Crippen LogP contribution is -2.46. The Labute approximate surface area is 190 Å². The van der Waals surface area contributed by atoms with E-state index in [9.17, 15) is 13.2 Å². The Morgan fingerprint density at radius 3 is 2.61 bits per heavy atom. The highest BCUT2D eigenvalue weighted by Crippen LogP contribution is 2.21. The first-order valence-corrected chi connectivity index (χ1v) is 13.5. The molecule has 2 aromatic rings. The summed E-state index contributed by atoms with van der Waals surface area (Å²) in [5.74, 6) is 0.627. The molecule has 1 amide bonds. The average molecular weight is 461 g/mol. The number of piperidine rings is 1. The summed E-state index contributed by atoms with van der Waals surface area (Å²) in [5.41, 5.74) is 2.38. The molecular weight excluding hydrogens is 428 g/mol. The van der Waals surface area contributed by atoms with Gasteiger partial charge in [0.05, 0.1) is 11.7 Å². The predicted molar refractivity (Wildman–Crippen MR) is 128 cm³/mol. The number of nitrogens with one attached hydrogen (secondary N) is 1. The summed E-state index contributed by atoms with van der Waals surface area (Å²) < 4.78 is 27.1. The van der Waals surface area contributed by atoms with Crippen LogP contribution >= 0.6 is 11.8 Å². The predicted octanol–water partition coefficient (Wildman–Crippen LogP) is 3.88. The Kier molecular flexibility index (Phi) is 8.99. The molecule has 7 heteroatoms. The summed E-state index contributed by atoms with van der Waals surface area (Å²) in [6, 6.07) is 18.3. The maximum absolute atomic E-state index is 12.8. The van der Waals surface area contributed by atoms with Crippen LogP contribution in [-0.4, -0.2) is 49.8 Å². The van der Waals surface area contributed by atoms with Crippen LogP contribution in [0.2, 0.25) is 0 Å². The van der Waals surface area contributed by atoms with E-state index in [4.69, 9.17) is 0 Å². The van der Waals surface area contributed by atoms with E-state index < -0.39 is 10.0 Å². The van der Waals surface area contributed by atoms with E-state index in [2.05, 4.69) is 36.5 Å². The van der Waals surface area contributed by atoms with Crippen molar-refractivity contribution in [3.05, 3.63) is 65.7 Å². The Hall–Kier alpha value is -1.83. The molecule has 0 bridgehead atoms. The van der Waals surface area contributed by atoms with Crippen LogP contribution in [0.5, 0.6) is 0 Å². The van der Waals surface area contributed by atoms with Gasteiger partial charge in [0.25, 0.3) is 0 Å². The average Bonchev–Trinajstić information content (AvgIpc) is 2.78. The van der Waals surface area contributed by atoms with Crippen LogP contribution in [-0.2, 0) is 21.2 Å². The molecule has 0 radical (unpaired) electrons. The van der Waals surface area contributed by atoms with E-state index >= 15 is 0 Å². The SMILES string of the molecule is Cc1ccc(SCCNC(=O)C2CCCN(S(=O)(=O)CCCc3ccccc3)C2)cc1. The topological polar surface area (TPSA) is 66.5 Å². The minimum absolute atomic E-state index is 0.0336. The van der Waals surface area contributed by atoms with Gasteiger partial charge in [-0.25, -0.2) is 12.7 Å². The second-order valence-corrected chi connectivity index (χ2v) is 11.3. The van der Waals surface area contributed by atoms with Crippen LogP contribution in [0.4, 0.5) is 0 Å². The van der Waals surface area contributed by atoms with Gasteiger partial charge in [-0.2, -0.15) is 0 Å². The van der Waals surface area contributed by atoms with Crippen molar-refractivity contribution in [3.8, 4) is 0 Å². The third-order valence-electron chi connectivity index (χ3n) is 5.55. The fourth-order valence-corrected chi connectivity index (χ4v) is 6.11. The van der Waals surface area contributed by atoms with Crippen molar-refractivity contribution in [1.82, 2.24) is 9.62 Å². The van der Waals surface area contributed by atoms with Gasteiger partial charge in [-0.1, -0.05) is 48.0 Å². The zero-order valence-electron chi connectivity index (χ0n) is 18.1. The van der Waals surface area contributed by atoms with Crippen molar-refractivity contribution in [2.45, 2.75) is 37.5 Å². The molecule has 1 N–H and O–H groups in total. The van der Waals surface area contributed by atoms with Gasteiger partial charge in [-0.05, 0) is 50.3 Å². The van der Waals surface area contributed by atoms with Crippen molar-refractivity contribution >= 4 is 27.7 Å². The van der Waals surface area contributed by atoms with Gasteiger partial charge in [0.15, 0.2) is 0 Å². The summed E-state index contributed by atoms with van der Waals surface area (Å²) in [6.45, 7) is 3.45. The normalized spacial score (nSPS) is 17.4. The summed E-state index contributed by atoms with van der Waals surface area (Å²) >= 11 is 1.71. The van der Waals surface area contributed by atoms with E-state index in [1.807, 2.05) is 30.3 Å². The molecule has 3 rings (SSSR count). The van der Waals surface area contributed by atoms with E-state index in [-0.39, 0.29) is 17.6 Å². The quantitative estimate of drug-likeness (QED) is 0.432. The minimum Gasteiger partial charge on any atom is -0.355 e. The first-order chi connectivity index (χ1) is 14.9. The first-order valence-electron chi connectivity index (χ1n) is 10.9. The van der Waals surface area contributed by atoms with Crippen molar-refractivity contribution in [2.24, 2.45) is 5.92 Å². The molecule has 2 aromatic carbocycles. The maximum atomic E-state index is 12.8.